The Morgan fingerprint density at radius 1 is 1.14 bits per heavy atom. The van der Waals surface area contributed by atoms with Crippen molar-refractivity contribution in [2.75, 3.05) is 5.32 Å². The number of halogens is 1. The Kier molecular flexibility index (Phi) is 3.80. The monoisotopic (exact) mass is 342 g/mol. The molecule has 0 atom stereocenters. The van der Waals surface area contributed by atoms with Crippen molar-refractivity contribution in [2.45, 2.75) is 13.5 Å². The van der Waals surface area contributed by atoms with Crippen LogP contribution < -0.4 is 5.32 Å². The zero-order valence-corrected chi connectivity index (χ0v) is 13.2. The van der Waals surface area contributed by atoms with Crippen molar-refractivity contribution < 1.29 is 4.79 Å². The summed E-state index contributed by atoms with van der Waals surface area (Å²) in [6.45, 7) is 2.77. The number of carbonyl (C=O) groups excluding carboxylic acids is 1. The van der Waals surface area contributed by atoms with Crippen molar-refractivity contribution in [1.29, 1.82) is 0 Å². The molecule has 1 aromatic heterocycles. The van der Waals surface area contributed by atoms with E-state index in [-0.39, 0.29) is 5.91 Å². The van der Waals surface area contributed by atoms with E-state index in [1.54, 1.807) is 0 Å². The Bertz CT molecular complexity index is 807. The summed E-state index contributed by atoms with van der Waals surface area (Å²) >= 11 is 3.41. The topological polar surface area (TPSA) is 34.0 Å². The van der Waals surface area contributed by atoms with E-state index in [1.807, 2.05) is 60.2 Å². The van der Waals surface area contributed by atoms with Gasteiger partial charge in [0.05, 0.1) is 0 Å². The van der Waals surface area contributed by atoms with Crippen LogP contribution >= 0.6 is 15.9 Å². The molecule has 0 saturated carbocycles. The number of hydrogen-bond donors (Lipinski definition) is 1. The van der Waals surface area contributed by atoms with Gasteiger partial charge in [0.15, 0.2) is 0 Å². The van der Waals surface area contributed by atoms with Crippen LogP contribution in [-0.4, -0.2) is 10.5 Å². The van der Waals surface area contributed by atoms with Crippen molar-refractivity contribution in [3.05, 3.63) is 64.9 Å². The number of anilines is 1. The lowest BCUT2D eigenvalue weighted by molar-refractivity contribution is 0.101. The quantitative estimate of drug-likeness (QED) is 0.736. The minimum atomic E-state index is -0.0992. The van der Waals surface area contributed by atoms with Crippen molar-refractivity contribution in [2.24, 2.45) is 0 Å². The lowest BCUT2D eigenvalue weighted by Gasteiger charge is -2.08. The molecule has 3 nitrogen and oxygen atoms in total. The fraction of sp³-hybridized carbons (Fsp3) is 0.118. The van der Waals surface area contributed by atoms with Gasteiger partial charge < -0.3 is 9.88 Å². The van der Waals surface area contributed by atoms with Crippen molar-refractivity contribution >= 4 is 38.3 Å². The number of nitrogens with one attached hydrogen (secondary N) is 1. The molecule has 1 amide bonds. The van der Waals surface area contributed by atoms with E-state index in [4.69, 9.17) is 0 Å². The third-order valence-electron chi connectivity index (χ3n) is 3.44. The molecule has 0 bridgehead atoms. The number of hydrogen-bond acceptors (Lipinski definition) is 1. The number of benzene rings is 2. The van der Waals surface area contributed by atoms with E-state index in [0.29, 0.717) is 5.69 Å². The van der Waals surface area contributed by atoms with Crippen LogP contribution in [0.1, 0.15) is 17.4 Å². The van der Waals surface area contributed by atoms with Gasteiger partial charge in [-0.3, -0.25) is 4.79 Å². The number of amides is 1. The third kappa shape index (κ3) is 2.85. The third-order valence-corrected chi connectivity index (χ3v) is 3.88. The molecule has 0 unspecified atom stereocenters. The number of rotatable bonds is 3. The fourth-order valence-corrected chi connectivity index (χ4v) is 2.85. The second-order valence-corrected chi connectivity index (χ2v) is 5.76. The van der Waals surface area contributed by atoms with Gasteiger partial charge in [0.1, 0.15) is 5.69 Å². The second-order valence-electron chi connectivity index (χ2n) is 4.85. The molecule has 1 heterocycles. The molecule has 0 spiro atoms. The van der Waals surface area contributed by atoms with E-state index in [0.717, 1.165) is 27.5 Å². The van der Waals surface area contributed by atoms with E-state index in [1.165, 1.54) is 0 Å². The first-order valence-corrected chi connectivity index (χ1v) is 7.62. The van der Waals surface area contributed by atoms with Crippen LogP contribution in [0.15, 0.2) is 59.2 Å². The van der Waals surface area contributed by atoms with Crippen LogP contribution in [0.4, 0.5) is 5.69 Å². The van der Waals surface area contributed by atoms with Crippen molar-refractivity contribution in [3.8, 4) is 0 Å². The maximum atomic E-state index is 12.4. The van der Waals surface area contributed by atoms with Crippen LogP contribution in [0.25, 0.3) is 10.8 Å². The molecule has 0 saturated heterocycles. The molecule has 3 rings (SSSR count). The summed E-state index contributed by atoms with van der Waals surface area (Å²) in [4.78, 5) is 12.4. The standard InChI is InChI=1S/C17H15BrN2O/c1-2-20-11-14(18)10-16(20)17(21)19-15-8-7-12-5-3-4-6-13(12)9-15/h3-11H,2H2,1H3,(H,19,21). The van der Waals surface area contributed by atoms with Crippen molar-refractivity contribution in [3.63, 3.8) is 0 Å². The van der Waals surface area contributed by atoms with Crippen LogP contribution in [0.3, 0.4) is 0 Å². The molecular weight excluding hydrogens is 328 g/mol. The van der Waals surface area contributed by atoms with Gasteiger partial charge in [-0.1, -0.05) is 30.3 Å². The van der Waals surface area contributed by atoms with Crippen LogP contribution in [0, 0.1) is 0 Å². The molecule has 21 heavy (non-hydrogen) atoms. The van der Waals surface area contributed by atoms with Gasteiger partial charge in [-0.05, 0) is 51.8 Å². The van der Waals surface area contributed by atoms with Gasteiger partial charge in [0, 0.05) is 22.9 Å². The highest BCUT2D eigenvalue weighted by Gasteiger charge is 2.12. The Labute approximate surface area is 131 Å². The van der Waals surface area contributed by atoms with Gasteiger partial charge in [0.25, 0.3) is 5.91 Å². The highest BCUT2D eigenvalue weighted by molar-refractivity contribution is 9.10. The second kappa shape index (κ2) is 5.74. The van der Waals surface area contributed by atoms with Crippen LogP contribution in [-0.2, 0) is 6.54 Å². The van der Waals surface area contributed by atoms with Gasteiger partial charge in [-0.25, -0.2) is 0 Å². The van der Waals surface area contributed by atoms with E-state index in [2.05, 4.69) is 27.3 Å². The first-order chi connectivity index (χ1) is 10.2. The first-order valence-electron chi connectivity index (χ1n) is 6.83. The molecule has 106 valence electrons. The zero-order chi connectivity index (χ0) is 14.8. The van der Waals surface area contributed by atoms with E-state index in [9.17, 15) is 4.79 Å². The van der Waals surface area contributed by atoms with Gasteiger partial charge in [0.2, 0.25) is 0 Å². The molecule has 0 radical (unpaired) electrons. The minimum absolute atomic E-state index is 0.0992. The summed E-state index contributed by atoms with van der Waals surface area (Å²) in [5.74, 6) is -0.0992. The summed E-state index contributed by atoms with van der Waals surface area (Å²) in [6, 6.07) is 15.9. The van der Waals surface area contributed by atoms with Gasteiger partial charge in [-0.15, -0.1) is 0 Å². The Morgan fingerprint density at radius 2 is 1.90 bits per heavy atom. The number of carbonyl (C=O) groups is 1. The number of fused-ring (bicyclic) bond motifs is 1. The number of aromatic nitrogens is 1. The first kappa shape index (κ1) is 13.9. The fourth-order valence-electron chi connectivity index (χ4n) is 2.39. The molecule has 0 fully saturated rings. The SMILES string of the molecule is CCn1cc(Br)cc1C(=O)Nc1ccc2ccccc2c1. The zero-order valence-electron chi connectivity index (χ0n) is 11.6. The summed E-state index contributed by atoms with van der Waals surface area (Å²) in [6.07, 6.45) is 1.91. The maximum Gasteiger partial charge on any atom is 0.272 e. The largest absolute Gasteiger partial charge is 0.343 e. The highest BCUT2D eigenvalue weighted by atomic mass is 79.9. The van der Waals surface area contributed by atoms with Gasteiger partial charge in [-0.2, -0.15) is 0 Å². The predicted octanol–water partition coefficient (Wildman–Crippen LogP) is 4.68. The normalized spacial score (nSPS) is 10.8. The summed E-state index contributed by atoms with van der Waals surface area (Å²) in [5, 5.41) is 5.23. The van der Waals surface area contributed by atoms with Gasteiger partial charge >= 0.3 is 0 Å². The summed E-state index contributed by atoms with van der Waals surface area (Å²) in [7, 11) is 0. The van der Waals surface area contributed by atoms with Crippen molar-refractivity contribution in [1.82, 2.24) is 4.57 Å². The minimum Gasteiger partial charge on any atom is -0.343 e. The van der Waals surface area contributed by atoms with E-state index >= 15 is 0 Å². The lowest BCUT2D eigenvalue weighted by atomic mass is 10.1. The molecule has 1 N–H and O–H groups in total. The van der Waals surface area contributed by atoms with Crippen LogP contribution in [0.2, 0.25) is 0 Å². The van der Waals surface area contributed by atoms with E-state index < -0.39 is 0 Å². The Morgan fingerprint density at radius 3 is 2.67 bits per heavy atom. The molecule has 3 aromatic rings. The molecule has 4 heteroatoms. The average Bonchev–Trinajstić information content (AvgIpc) is 2.88. The molecule has 0 aliphatic heterocycles. The molecule has 0 aliphatic rings. The number of nitrogens with zero attached hydrogens (tertiary/aromatic N) is 1. The average molecular weight is 343 g/mol. The smallest absolute Gasteiger partial charge is 0.272 e. The Hall–Kier alpha value is -2.07. The molecule has 0 aliphatic carbocycles. The van der Waals surface area contributed by atoms with Crippen LogP contribution in [0.5, 0.6) is 0 Å². The maximum absolute atomic E-state index is 12.4. The highest BCUT2D eigenvalue weighted by Crippen LogP contribution is 2.20. The summed E-state index contributed by atoms with van der Waals surface area (Å²) in [5.41, 5.74) is 1.45. The molecule has 2 aromatic carbocycles. The lowest BCUT2D eigenvalue weighted by Crippen LogP contribution is -2.16. The molecular formula is C17H15BrN2O. The Balaban J connectivity index is 1.88. The number of aryl methyl sites for hydroxylation is 1. The predicted molar refractivity (Wildman–Crippen MR) is 89.7 cm³/mol. The summed E-state index contributed by atoms with van der Waals surface area (Å²) < 4.78 is 2.83.